The number of halogens is 2. The van der Waals surface area contributed by atoms with Crippen LogP contribution >= 0.6 is 0 Å². The molecule has 0 aliphatic rings. The van der Waals surface area contributed by atoms with Gasteiger partial charge in [0.1, 0.15) is 11.6 Å². The Labute approximate surface area is 181 Å². The highest BCUT2D eigenvalue weighted by atomic mass is 19.1. The Morgan fingerprint density at radius 2 is 1.84 bits per heavy atom. The first kappa shape index (κ1) is 21.4. The van der Waals surface area contributed by atoms with Crippen molar-refractivity contribution >= 4 is 5.78 Å². The van der Waals surface area contributed by atoms with E-state index in [-0.39, 0.29) is 11.5 Å². The minimum atomic E-state index is -0.755. The number of carbonyl (C=O) groups excluding carboxylic acids is 1. The number of hydrogen-bond acceptors (Lipinski definition) is 5. The van der Waals surface area contributed by atoms with Crippen LogP contribution < -0.4 is 5.76 Å². The summed E-state index contributed by atoms with van der Waals surface area (Å²) in [6, 6.07) is 8.67. The molecule has 7 nitrogen and oxygen atoms in total. The van der Waals surface area contributed by atoms with E-state index in [0.29, 0.717) is 23.4 Å². The van der Waals surface area contributed by atoms with Crippen molar-refractivity contribution in [2.75, 3.05) is 0 Å². The molecule has 0 aliphatic carbocycles. The van der Waals surface area contributed by atoms with Crippen molar-refractivity contribution in [3.8, 4) is 22.7 Å². The minimum Gasteiger partial charge on any atom is -0.388 e. The third-order valence-electron chi connectivity index (χ3n) is 5.32. The van der Waals surface area contributed by atoms with Crippen molar-refractivity contribution in [2.24, 2.45) is 14.1 Å². The van der Waals surface area contributed by atoms with Crippen LogP contribution in [0.1, 0.15) is 28.7 Å². The molecule has 164 valence electrons. The summed E-state index contributed by atoms with van der Waals surface area (Å²) in [6.07, 6.45) is 1.80. The fourth-order valence-corrected chi connectivity index (χ4v) is 3.59. The van der Waals surface area contributed by atoms with E-state index in [9.17, 15) is 18.4 Å². The van der Waals surface area contributed by atoms with Crippen LogP contribution in [0.5, 0.6) is 0 Å². The maximum absolute atomic E-state index is 14.0. The summed E-state index contributed by atoms with van der Waals surface area (Å²) in [6.45, 7) is 1.95. The number of nitrogens with zero attached hydrogens (tertiary/aromatic N) is 4. The fourth-order valence-electron chi connectivity index (χ4n) is 3.59. The van der Waals surface area contributed by atoms with Gasteiger partial charge in [-0.1, -0.05) is 13.0 Å². The number of carbonyl (C=O) groups is 1. The Morgan fingerprint density at radius 1 is 1.12 bits per heavy atom. The summed E-state index contributed by atoms with van der Waals surface area (Å²) < 4.78 is 35.9. The van der Waals surface area contributed by atoms with Gasteiger partial charge in [0, 0.05) is 43.5 Å². The quantitative estimate of drug-likeness (QED) is 0.429. The normalized spacial score (nSPS) is 11.2. The van der Waals surface area contributed by atoms with Gasteiger partial charge in [0.25, 0.3) is 5.89 Å². The second-order valence-electron chi connectivity index (χ2n) is 7.33. The van der Waals surface area contributed by atoms with Crippen LogP contribution in [0.3, 0.4) is 0 Å². The number of ketones is 1. The summed E-state index contributed by atoms with van der Waals surface area (Å²) in [5.41, 5.74) is 2.75. The lowest BCUT2D eigenvalue weighted by Gasteiger charge is -2.12. The highest BCUT2D eigenvalue weighted by Crippen LogP contribution is 2.29. The molecule has 0 amide bonds. The van der Waals surface area contributed by atoms with Gasteiger partial charge < -0.3 is 8.98 Å². The van der Waals surface area contributed by atoms with E-state index in [1.165, 1.54) is 13.1 Å². The number of Topliss-reactive ketones (excluding diaryl/α,β-unsaturated/α-hetero) is 1. The first-order valence-corrected chi connectivity index (χ1v) is 9.95. The molecule has 0 radical (unpaired) electrons. The van der Waals surface area contributed by atoms with E-state index in [2.05, 4.69) is 10.1 Å². The van der Waals surface area contributed by atoms with Gasteiger partial charge in [-0.25, -0.2) is 13.6 Å². The van der Waals surface area contributed by atoms with Gasteiger partial charge in [0.2, 0.25) is 0 Å². The molecule has 0 atom stereocenters. The lowest BCUT2D eigenvalue weighted by molar-refractivity contribution is 0.0983. The summed E-state index contributed by atoms with van der Waals surface area (Å²) in [7, 11) is 3.19. The van der Waals surface area contributed by atoms with Gasteiger partial charge in [-0.15, -0.1) is 5.10 Å². The van der Waals surface area contributed by atoms with Crippen LogP contribution in [-0.2, 0) is 26.9 Å². The molecule has 0 aliphatic heterocycles. The minimum absolute atomic E-state index is 0.134. The van der Waals surface area contributed by atoms with E-state index < -0.39 is 29.6 Å². The average Bonchev–Trinajstić information content (AvgIpc) is 3.32. The molecule has 1 aromatic carbocycles. The SMILES string of the molecule is CCc1ncc(-c2nn(C)c(=O)o2)cc1-c1ccc(C(=O)Cc2c(F)cccc2F)n1C. The molecule has 0 saturated heterocycles. The number of benzene rings is 1. The van der Waals surface area contributed by atoms with Gasteiger partial charge >= 0.3 is 5.76 Å². The van der Waals surface area contributed by atoms with Crippen LogP contribution in [0.15, 0.2) is 51.8 Å². The van der Waals surface area contributed by atoms with Gasteiger partial charge in [-0.3, -0.25) is 9.78 Å². The zero-order valence-corrected chi connectivity index (χ0v) is 17.7. The topological polar surface area (TPSA) is 82.9 Å². The summed E-state index contributed by atoms with van der Waals surface area (Å²) >= 11 is 0. The Kier molecular flexibility index (Phi) is 5.56. The van der Waals surface area contributed by atoms with Gasteiger partial charge in [0.05, 0.1) is 17.0 Å². The summed E-state index contributed by atoms with van der Waals surface area (Å²) in [5.74, 6) is -2.38. The third-order valence-corrected chi connectivity index (χ3v) is 5.32. The second-order valence-corrected chi connectivity index (χ2v) is 7.33. The molecule has 0 fully saturated rings. The number of rotatable bonds is 6. The molecule has 0 bridgehead atoms. The Hall–Kier alpha value is -3.88. The number of hydrogen-bond donors (Lipinski definition) is 0. The molecule has 0 spiro atoms. The van der Waals surface area contributed by atoms with Crippen LogP contribution in [-0.4, -0.2) is 25.1 Å². The molecule has 32 heavy (non-hydrogen) atoms. The van der Waals surface area contributed by atoms with E-state index >= 15 is 0 Å². The van der Waals surface area contributed by atoms with Gasteiger partial charge in [-0.2, -0.15) is 4.68 Å². The standard InChI is InChI=1S/C23H20F2N4O3/c1-4-18-15(10-13(12-26-18)22-27-29(3)23(31)32-22)19-8-9-20(28(19)2)21(30)11-14-16(24)6-5-7-17(14)25/h5-10,12H,4,11H2,1-3H3. The zero-order valence-electron chi connectivity index (χ0n) is 17.7. The van der Waals surface area contributed by atoms with Crippen molar-refractivity contribution in [3.05, 3.63) is 81.7 Å². The zero-order chi connectivity index (χ0) is 23.0. The van der Waals surface area contributed by atoms with Crippen LogP contribution in [0.4, 0.5) is 8.78 Å². The predicted octanol–water partition coefficient (Wildman–Crippen LogP) is 3.71. The van der Waals surface area contributed by atoms with Crippen molar-refractivity contribution in [1.82, 2.24) is 19.3 Å². The first-order chi connectivity index (χ1) is 15.3. The van der Waals surface area contributed by atoms with Crippen LogP contribution in [0, 0.1) is 11.6 Å². The molecule has 4 rings (SSSR count). The molecule has 3 aromatic heterocycles. The van der Waals surface area contributed by atoms with E-state index in [1.807, 2.05) is 6.92 Å². The smallest absolute Gasteiger partial charge is 0.388 e. The molecule has 3 heterocycles. The molecule has 4 aromatic rings. The first-order valence-electron chi connectivity index (χ1n) is 9.95. The maximum Gasteiger partial charge on any atom is 0.437 e. The summed E-state index contributed by atoms with van der Waals surface area (Å²) in [5, 5.41) is 4.06. The molecular weight excluding hydrogens is 418 g/mol. The lowest BCUT2D eigenvalue weighted by Crippen LogP contribution is -2.12. The number of aromatic nitrogens is 4. The number of aryl methyl sites for hydroxylation is 2. The van der Waals surface area contributed by atoms with Crippen LogP contribution in [0.25, 0.3) is 22.7 Å². The van der Waals surface area contributed by atoms with Crippen molar-refractivity contribution in [1.29, 1.82) is 0 Å². The average molecular weight is 438 g/mol. The fraction of sp³-hybridized carbons (Fsp3) is 0.217. The summed E-state index contributed by atoms with van der Waals surface area (Å²) in [4.78, 5) is 28.9. The van der Waals surface area contributed by atoms with E-state index in [1.54, 1.807) is 36.0 Å². The maximum atomic E-state index is 14.0. The van der Waals surface area contributed by atoms with E-state index in [0.717, 1.165) is 28.1 Å². The molecule has 0 saturated carbocycles. The Morgan fingerprint density at radius 3 is 2.47 bits per heavy atom. The molecule has 9 heteroatoms. The predicted molar refractivity (Wildman–Crippen MR) is 113 cm³/mol. The monoisotopic (exact) mass is 438 g/mol. The van der Waals surface area contributed by atoms with Gasteiger partial charge in [-0.05, 0) is 36.8 Å². The molecular formula is C23H20F2N4O3. The highest BCUT2D eigenvalue weighted by Gasteiger charge is 2.20. The largest absolute Gasteiger partial charge is 0.437 e. The second kappa shape index (κ2) is 8.33. The molecule has 0 unspecified atom stereocenters. The van der Waals surface area contributed by atoms with Gasteiger partial charge in [0.15, 0.2) is 5.78 Å². The van der Waals surface area contributed by atoms with Crippen LogP contribution in [0.2, 0.25) is 0 Å². The Bertz CT molecular complexity index is 1360. The highest BCUT2D eigenvalue weighted by molar-refractivity contribution is 5.97. The Balaban J connectivity index is 1.73. The van der Waals surface area contributed by atoms with Crippen molar-refractivity contribution in [3.63, 3.8) is 0 Å². The lowest BCUT2D eigenvalue weighted by atomic mass is 10.1. The molecule has 0 N–H and O–H groups in total. The van der Waals surface area contributed by atoms with Crippen molar-refractivity contribution in [2.45, 2.75) is 19.8 Å². The third kappa shape index (κ3) is 3.77. The van der Waals surface area contributed by atoms with Crippen molar-refractivity contribution < 1.29 is 18.0 Å². The number of pyridine rings is 1. The van der Waals surface area contributed by atoms with E-state index in [4.69, 9.17) is 4.42 Å².